The number of hydrogen-bond donors (Lipinski definition) is 3. The van der Waals surface area contributed by atoms with Gasteiger partial charge in [-0.05, 0) is 38.5 Å². The molecule has 0 aromatic carbocycles. The van der Waals surface area contributed by atoms with Gasteiger partial charge < -0.3 is 19.4 Å². The summed E-state index contributed by atoms with van der Waals surface area (Å²) in [5.41, 5.74) is 0. The molecule has 1 aliphatic rings. The van der Waals surface area contributed by atoms with Crippen LogP contribution in [0.3, 0.4) is 0 Å². The molecule has 0 bridgehead atoms. The van der Waals surface area contributed by atoms with Gasteiger partial charge in [0.2, 0.25) is 0 Å². The predicted molar refractivity (Wildman–Crippen MR) is 80.5 cm³/mol. The second-order valence-electron chi connectivity index (χ2n) is 6.04. The molecule has 1 unspecified atom stereocenters. The molecule has 10 heteroatoms. The Kier molecular flexibility index (Phi) is 7.24. The third-order valence-electron chi connectivity index (χ3n) is 3.69. The highest BCUT2D eigenvalue weighted by Crippen LogP contribution is 2.52. The minimum atomic E-state index is -4.25. The average molecular weight is 360 g/mol. The molecule has 1 saturated carbocycles. The van der Waals surface area contributed by atoms with E-state index in [1.54, 1.807) is 13.8 Å². The van der Waals surface area contributed by atoms with Crippen LogP contribution in [-0.4, -0.2) is 46.3 Å². The quantitative estimate of drug-likeness (QED) is 0.563. The summed E-state index contributed by atoms with van der Waals surface area (Å²) in [6, 6.07) is 0. The van der Waals surface area contributed by atoms with Gasteiger partial charge >= 0.3 is 15.4 Å². The van der Waals surface area contributed by atoms with Crippen molar-refractivity contribution in [1.82, 2.24) is 0 Å². The maximum Gasteiger partial charge on any atom is 0.472 e. The Labute approximate surface area is 130 Å². The standard InChI is InChI=1S/C12H26O8P2/c1-8(2)19-22(16,17)20-12-10(5-6-21(13,14)15)7-9(3)11(12)18-4/h8-12H,5-7H2,1-4H3,(H,16,17)(H2,13,14,15)/t9-,10+,11+,12-/m1/s1. The normalized spacial score (nSPS) is 32.4. The summed E-state index contributed by atoms with van der Waals surface area (Å²) in [5, 5.41) is 0. The second-order valence-corrected chi connectivity index (χ2v) is 9.18. The van der Waals surface area contributed by atoms with Gasteiger partial charge in [-0.2, -0.15) is 0 Å². The van der Waals surface area contributed by atoms with Crippen molar-refractivity contribution in [1.29, 1.82) is 0 Å². The number of phosphoric acid groups is 1. The van der Waals surface area contributed by atoms with Gasteiger partial charge in [-0.1, -0.05) is 6.92 Å². The number of ether oxygens (including phenoxy) is 1. The molecule has 132 valence electrons. The van der Waals surface area contributed by atoms with Crippen LogP contribution in [0.1, 0.15) is 33.6 Å². The van der Waals surface area contributed by atoms with Crippen LogP contribution in [0.2, 0.25) is 0 Å². The second kappa shape index (κ2) is 7.86. The first-order chi connectivity index (χ1) is 9.95. The molecule has 5 atom stereocenters. The number of hydrogen-bond acceptors (Lipinski definition) is 5. The Balaban J connectivity index is 2.83. The molecule has 0 saturated heterocycles. The Morgan fingerprint density at radius 1 is 1.18 bits per heavy atom. The van der Waals surface area contributed by atoms with Crippen molar-refractivity contribution in [3.63, 3.8) is 0 Å². The Morgan fingerprint density at radius 3 is 2.23 bits per heavy atom. The van der Waals surface area contributed by atoms with Crippen molar-refractivity contribution < 1.29 is 37.6 Å². The molecule has 8 nitrogen and oxygen atoms in total. The van der Waals surface area contributed by atoms with Crippen LogP contribution in [0.5, 0.6) is 0 Å². The maximum absolute atomic E-state index is 12.0. The number of methoxy groups -OCH3 is 1. The summed E-state index contributed by atoms with van der Waals surface area (Å²) in [7, 11) is -6.90. The summed E-state index contributed by atoms with van der Waals surface area (Å²) in [6.45, 7) is 5.14. The molecule has 1 fully saturated rings. The summed E-state index contributed by atoms with van der Waals surface area (Å²) in [5.74, 6) is -0.223. The maximum atomic E-state index is 12.0. The van der Waals surface area contributed by atoms with Crippen LogP contribution >= 0.6 is 15.4 Å². The minimum absolute atomic E-state index is 0.0517. The third kappa shape index (κ3) is 6.38. The number of rotatable bonds is 8. The van der Waals surface area contributed by atoms with Gasteiger partial charge in [0.05, 0.1) is 24.5 Å². The zero-order valence-electron chi connectivity index (χ0n) is 13.3. The molecule has 22 heavy (non-hydrogen) atoms. The smallest absolute Gasteiger partial charge is 0.378 e. The first-order valence-electron chi connectivity index (χ1n) is 7.22. The highest BCUT2D eigenvalue weighted by molar-refractivity contribution is 7.51. The van der Waals surface area contributed by atoms with Gasteiger partial charge in [0, 0.05) is 7.11 Å². The van der Waals surface area contributed by atoms with E-state index >= 15 is 0 Å². The monoisotopic (exact) mass is 360 g/mol. The van der Waals surface area contributed by atoms with E-state index in [1.807, 2.05) is 6.92 Å². The highest BCUT2D eigenvalue weighted by Gasteiger charge is 2.46. The Bertz CT molecular complexity index is 448. The van der Waals surface area contributed by atoms with Crippen LogP contribution in [0.15, 0.2) is 0 Å². The summed E-state index contributed by atoms with van der Waals surface area (Å²) >= 11 is 0. The van der Waals surface area contributed by atoms with E-state index in [-0.39, 0.29) is 24.4 Å². The van der Waals surface area contributed by atoms with Crippen LogP contribution in [-0.2, 0) is 22.9 Å². The van der Waals surface area contributed by atoms with Crippen LogP contribution in [0, 0.1) is 11.8 Å². The minimum Gasteiger partial charge on any atom is -0.378 e. The van der Waals surface area contributed by atoms with Gasteiger partial charge in [-0.25, -0.2) is 4.57 Å². The predicted octanol–water partition coefficient (Wildman–Crippen LogP) is 2.14. The molecule has 0 aromatic heterocycles. The van der Waals surface area contributed by atoms with Crippen molar-refractivity contribution in [2.24, 2.45) is 11.8 Å². The van der Waals surface area contributed by atoms with Crippen molar-refractivity contribution in [2.75, 3.05) is 13.3 Å². The van der Waals surface area contributed by atoms with E-state index < -0.39 is 33.7 Å². The topological polar surface area (TPSA) is 123 Å². The Morgan fingerprint density at radius 2 is 1.77 bits per heavy atom. The average Bonchev–Trinajstić information content (AvgIpc) is 2.59. The van der Waals surface area contributed by atoms with Gasteiger partial charge in [-0.15, -0.1) is 0 Å². The fourth-order valence-corrected chi connectivity index (χ4v) is 4.76. The van der Waals surface area contributed by atoms with E-state index in [9.17, 15) is 14.0 Å². The lowest BCUT2D eigenvalue weighted by molar-refractivity contribution is -0.0291. The lowest BCUT2D eigenvalue weighted by Gasteiger charge is -2.27. The van der Waals surface area contributed by atoms with Crippen molar-refractivity contribution in [3.8, 4) is 0 Å². The first kappa shape index (κ1) is 20.3. The molecular formula is C12H26O8P2. The fourth-order valence-electron chi connectivity index (χ4n) is 2.91. The zero-order chi connectivity index (χ0) is 17.1. The molecular weight excluding hydrogens is 334 g/mol. The van der Waals surface area contributed by atoms with Crippen LogP contribution < -0.4 is 0 Å². The van der Waals surface area contributed by atoms with Gasteiger partial charge in [0.25, 0.3) is 0 Å². The van der Waals surface area contributed by atoms with E-state index in [2.05, 4.69) is 0 Å². The van der Waals surface area contributed by atoms with Gasteiger partial charge in [0.15, 0.2) is 0 Å². The number of phosphoric ester groups is 1. The largest absolute Gasteiger partial charge is 0.472 e. The molecule has 0 heterocycles. The summed E-state index contributed by atoms with van der Waals surface area (Å²) in [6.07, 6.45) is -1.13. The van der Waals surface area contributed by atoms with Crippen LogP contribution in [0.25, 0.3) is 0 Å². The molecule has 0 aliphatic heterocycles. The van der Waals surface area contributed by atoms with E-state index in [0.717, 1.165) is 0 Å². The van der Waals surface area contributed by atoms with Crippen molar-refractivity contribution in [2.45, 2.75) is 51.9 Å². The lowest BCUT2D eigenvalue weighted by atomic mass is 10.0. The molecule has 1 rings (SSSR count). The molecule has 1 aliphatic carbocycles. The summed E-state index contributed by atoms with van der Waals surface area (Å²) < 4.78 is 38.6. The van der Waals surface area contributed by atoms with Crippen molar-refractivity contribution >= 4 is 15.4 Å². The molecule has 0 amide bonds. The van der Waals surface area contributed by atoms with Crippen LogP contribution in [0.4, 0.5) is 0 Å². The molecule has 3 N–H and O–H groups in total. The van der Waals surface area contributed by atoms with E-state index in [0.29, 0.717) is 6.42 Å². The molecule has 0 radical (unpaired) electrons. The van der Waals surface area contributed by atoms with E-state index in [1.165, 1.54) is 7.11 Å². The SMILES string of the molecule is CO[C@@H]1[C@H](OP(=O)(O)OC(C)C)[C@@H](CCP(=O)(O)O)C[C@H]1C. The lowest BCUT2D eigenvalue weighted by Crippen LogP contribution is -2.32. The Hall–Kier alpha value is 0.220. The summed E-state index contributed by atoms with van der Waals surface area (Å²) in [4.78, 5) is 27.8. The zero-order valence-corrected chi connectivity index (χ0v) is 15.1. The highest BCUT2D eigenvalue weighted by atomic mass is 31.2. The molecule has 0 aromatic rings. The first-order valence-corrected chi connectivity index (χ1v) is 10.5. The fraction of sp³-hybridized carbons (Fsp3) is 1.00. The van der Waals surface area contributed by atoms with E-state index in [4.69, 9.17) is 23.6 Å². The van der Waals surface area contributed by atoms with Gasteiger partial charge in [0.1, 0.15) is 0 Å². The molecule has 0 spiro atoms. The van der Waals surface area contributed by atoms with Gasteiger partial charge in [-0.3, -0.25) is 13.6 Å². The third-order valence-corrected chi connectivity index (χ3v) is 5.72. The van der Waals surface area contributed by atoms with Crippen molar-refractivity contribution in [3.05, 3.63) is 0 Å².